The Labute approximate surface area is 181 Å². The second-order valence-corrected chi connectivity index (χ2v) is 7.55. The van der Waals surface area contributed by atoms with Crippen molar-refractivity contribution in [3.63, 3.8) is 0 Å². The summed E-state index contributed by atoms with van der Waals surface area (Å²) in [5, 5.41) is 4.51. The Hall–Kier alpha value is -2.70. The molecule has 29 heavy (non-hydrogen) atoms. The molecule has 0 heterocycles. The van der Waals surface area contributed by atoms with Crippen molar-refractivity contribution in [1.82, 2.24) is 5.43 Å². The van der Waals surface area contributed by atoms with Gasteiger partial charge in [-0.2, -0.15) is 5.10 Å². The molecular weight excluding hydrogens is 459 g/mol. The number of amides is 1. The van der Waals surface area contributed by atoms with E-state index in [-0.39, 0.29) is 18.3 Å². The largest absolute Gasteiger partial charge is 0.488 e. The first-order valence-corrected chi connectivity index (χ1v) is 9.86. The Morgan fingerprint density at radius 1 is 1.21 bits per heavy atom. The normalized spacial score (nSPS) is 10.9. The molecule has 3 aromatic carbocycles. The molecule has 0 fully saturated rings. The highest BCUT2D eigenvalue weighted by atomic mass is 79.9. The fourth-order valence-corrected chi connectivity index (χ4v) is 3.04. The van der Waals surface area contributed by atoms with Crippen molar-refractivity contribution in [3.05, 3.63) is 98.2 Å². The number of nitrogens with one attached hydrogen (secondary N) is 1. The molecule has 7 heteroatoms. The van der Waals surface area contributed by atoms with Gasteiger partial charge in [-0.05, 0) is 48.9 Å². The maximum Gasteiger partial charge on any atom is 0.271 e. The molecule has 0 radical (unpaired) electrons. The van der Waals surface area contributed by atoms with E-state index < -0.39 is 0 Å². The number of hydrazone groups is 1. The van der Waals surface area contributed by atoms with Crippen molar-refractivity contribution in [2.75, 3.05) is 0 Å². The first-order valence-electron chi connectivity index (χ1n) is 8.69. The summed E-state index contributed by atoms with van der Waals surface area (Å²) in [5.74, 6) is -0.205. The van der Waals surface area contributed by atoms with Crippen LogP contribution in [0.25, 0.3) is 0 Å². The summed E-state index contributed by atoms with van der Waals surface area (Å²) in [5.41, 5.74) is 4.83. The molecule has 0 spiro atoms. The molecule has 1 amide bonds. The Morgan fingerprint density at radius 3 is 2.76 bits per heavy atom. The number of ether oxygens (including phenoxy) is 1. The van der Waals surface area contributed by atoms with E-state index in [4.69, 9.17) is 16.3 Å². The summed E-state index contributed by atoms with van der Waals surface area (Å²) in [4.78, 5) is 12.2. The quantitative estimate of drug-likeness (QED) is 0.357. The van der Waals surface area contributed by atoms with E-state index in [2.05, 4.69) is 26.5 Å². The minimum atomic E-state index is -0.382. The summed E-state index contributed by atoms with van der Waals surface area (Å²) in [6.07, 6.45) is 1.47. The van der Waals surface area contributed by atoms with Crippen LogP contribution >= 0.6 is 27.5 Å². The van der Waals surface area contributed by atoms with Crippen LogP contribution < -0.4 is 10.2 Å². The molecule has 1 N–H and O–H groups in total. The third kappa shape index (κ3) is 5.65. The zero-order valence-corrected chi connectivity index (χ0v) is 17.8. The van der Waals surface area contributed by atoms with E-state index in [9.17, 15) is 9.18 Å². The van der Waals surface area contributed by atoms with Crippen molar-refractivity contribution in [2.45, 2.75) is 13.5 Å². The van der Waals surface area contributed by atoms with Gasteiger partial charge in [-0.25, -0.2) is 9.82 Å². The van der Waals surface area contributed by atoms with Gasteiger partial charge in [0.15, 0.2) is 0 Å². The van der Waals surface area contributed by atoms with Crippen molar-refractivity contribution < 1.29 is 13.9 Å². The van der Waals surface area contributed by atoms with Crippen LogP contribution in [0.5, 0.6) is 5.75 Å². The second-order valence-electron chi connectivity index (χ2n) is 6.23. The first-order chi connectivity index (χ1) is 13.9. The third-order valence-corrected chi connectivity index (χ3v) is 5.02. The summed E-state index contributed by atoms with van der Waals surface area (Å²) < 4.78 is 20.4. The van der Waals surface area contributed by atoms with E-state index >= 15 is 0 Å². The minimum Gasteiger partial charge on any atom is -0.488 e. The lowest BCUT2D eigenvalue weighted by Gasteiger charge is -2.10. The number of halogens is 3. The number of aryl methyl sites for hydroxylation is 1. The van der Waals surface area contributed by atoms with E-state index in [0.717, 1.165) is 10.0 Å². The SMILES string of the molecule is Cc1ccc(C(=O)N/N=C\c2cc(Br)ccc2OCc2ccccc2F)cc1Cl. The number of carbonyl (C=O) groups excluding carboxylic acids is 1. The first kappa shape index (κ1) is 21.0. The van der Waals surface area contributed by atoms with Crippen molar-refractivity contribution in [1.29, 1.82) is 0 Å². The Balaban J connectivity index is 1.71. The predicted molar refractivity (Wildman–Crippen MR) is 116 cm³/mol. The van der Waals surface area contributed by atoms with Gasteiger partial charge < -0.3 is 4.74 Å². The van der Waals surface area contributed by atoms with Gasteiger partial charge in [-0.1, -0.05) is 51.8 Å². The van der Waals surface area contributed by atoms with E-state index in [1.54, 1.807) is 54.6 Å². The van der Waals surface area contributed by atoms with Crippen LogP contribution in [0.1, 0.15) is 27.0 Å². The van der Waals surface area contributed by atoms with Crippen LogP contribution in [0.15, 0.2) is 70.2 Å². The average molecular weight is 476 g/mol. The molecule has 0 aliphatic carbocycles. The van der Waals surface area contributed by atoms with Gasteiger partial charge in [0.05, 0.1) is 6.21 Å². The maximum atomic E-state index is 13.8. The molecule has 0 aromatic heterocycles. The highest BCUT2D eigenvalue weighted by molar-refractivity contribution is 9.10. The lowest BCUT2D eigenvalue weighted by atomic mass is 10.1. The Kier molecular flexibility index (Phi) is 7.01. The number of benzene rings is 3. The lowest BCUT2D eigenvalue weighted by Crippen LogP contribution is -2.17. The molecule has 0 atom stereocenters. The van der Waals surface area contributed by atoms with Crippen molar-refractivity contribution >= 4 is 39.7 Å². The number of hydrogen-bond acceptors (Lipinski definition) is 3. The van der Waals surface area contributed by atoms with Gasteiger partial charge in [0.2, 0.25) is 0 Å². The highest BCUT2D eigenvalue weighted by Crippen LogP contribution is 2.23. The van der Waals surface area contributed by atoms with Crippen LogP contribution in [0.3, 0.4) is 0 Å². The van der Waals surface area contributed by atoms with Crippen LogP contribution in [0.4, 0.5) is 4.39 Å². The predicted octanol–water partition coefficient (Wildman–Crippen LogP) is 5.89. The number of nitrogens with zero attached hydrogens (tertiary/aromatic N) is 1. The van der Waals surface area contributed by atoms with Crippen molar-refractivity contribution in [2.24, 2.45) is 5.10 Å². The number of carbonyl (C=O) groups is 1. The fourth-order valence-electron chi connectivity index (χ4n) is 2.48. The molecule has 0 unspecified atom stereocenters. The topological polar surface area (TPSA) is 50.7 Å². The number of rotatable bonds is 6. The second kappa shape index (κ2) is 9.67. The molecular formula is C22H17BrClFN2O2. The monoisotopic (exact) mass is 474 g/mol. The van der Waals surface area contributed by atoms with Gasteiger partial charge >= 0.3 is 0 Å². The molecule has 3 aromatic rings. The third-order valence-electron chi connectivity index (χ3n) is 4.12. The molecule has 3 rings (SSSR count). The van der Waals surface area contributed by atoms with Crippen molar-refractivity contribution in [3.8, 4) is 5.75 Å². The van der Waals surface area contributed by atoms with Crippen LogP contribution in [0, 0.1) is 12.7 Å². The van der Waals surface area contributed by atoms with Gasteiger partial charge in [-0.3, -0.25) is 4.79 Å². The van der Waals surface area contributed by atoms with Gasteiger partial charge in [0, 0.05) is 26.2 Å². The summed E-state index contributed by atoms with van der Waals surface area (Å²) in [6, 6.07) is 16.8. The molecule has 0 saturated heterocycles. The zero-order chi connectivity index (χ0) is 20.8. The van der Waals surface area contributed by atoms with Crippen LogP contribution in [-0.4, -0.2) is 12.1 Å². The standard InChI is InChI=1S/C22H17BrClFN2O2/c1-14-6-7-15(11-19(14)24)22(28)27-26-12-17-10-18(23)8-9-21(17)29-13-16-4-2-3-5-20(16)25/h2-12H,13H2,1H3,(H,27,28)/b26-12-. The summed E-state index contributed by atoms with van der Waals surface area (Å²) in [6.45, 7) is 1.93. The minimum absolute atomic E-state index is 0.0728. The Bertz CT molecular complexity index is 1070. The number of hydrogen-bond donors (Lipinski definition) is 1. The zero-order valence-electron chi connectivity index (χ0n) is 15.5. The summed E-state index contributed by atoms with van der Waals surface area (Å²) in [7, 11) is 0. The molecule has 0 aliphatic heterocycles. The highest BCUT2D eigenvalue weighted by Gasteiger charge is 2.08. The maximum absolute atomic E-state index is 13.8. The molecule has 0 aliphatic rings. The molecule has 0 saturated carbocycles. The van der Waals surface area contributed by atoms with E-state index in [1.807, 2.05) is 6.92 Å². The Morgan fingerprint density at radius 2 is 2.00 bits per heavy atom. The summed E-state index contributed by atoms with van der Waals surface area (Å²) >= 11 is 9.45. The van der Waals surface area contributed by atoms with E-state index in [1.165, 1.54) is 12.3 Å². The van der Waals surface area contributed by atoms with Gasteiger partial charge in [-0.15, -0.1) is 0 Å². The fraction of sp³-hybridized carbons (Fsp3) is 0.0909. The molecule has 0 bridgehead atoms. The molecule has 148 valence electrons. The van der Waals surface area contributed by atoms with Crippen LogP contribution in [0.2, 0.25) is 5.02 Å². The lowest BCUT2D eigenvalue weighted by molar-refractivity contribution is 0.0955. The van der Waals surface area contributed by atoms with Gasteiger partial charge in [0.1, 0.15) is 18.2 Å². The average Bonchev–Trinajstić information content (AvgIpc) is 2.70. The molecule has 4 nitrogen and oxygen atoms in total. The van der Waals surface area contributed by atoms with E-state index in [0.29, 0.717) is 27.5 Å². The van der Waals surface area contributed by atoms with Crippen LogP contribution in [-0.2, 0) is 6.61 Å². The van der Waals surface area contributed by atoms with Gasteiger partial charge in [0.25, 0.3) is 5.91 Å². The smallest absolute Gasteiger partial charge is 0.271 e.